The summed E-state index contributed by atoms with van der Waals surface area (Å²) in [5, 5.41) is 6.99. The second kappa shape index (κ2) is 6.26. The largest absolute Gasteiger partial charge is 1.00 e. The number of benzene rings is 1. The van der Waals surface area contributed by atoms with Crippen LogP contribution in [0, 0.1) is 13.8 Å². The molecule has 18 heavy (non-hydrogen) atoms. The molecule has 0 aliphatic rings. The number of hydrogen-bond donors (Lipinski definition) is 0. The van der Waals surface area contributed by atoms with Gasteiger partial charge in [0.15, 0.2) is 0 Å². The summed E-state index contributed by atoms with van der Waals surface area (Å²) in [6, 6.07) is 5.20. The zero-order chi connectivity index (χ0) is 12.5. The Morgan fingerprint density at radius 2 is 1.78 bits per heavy atom. The molecule has 0 amide bonds. The van der Waals surface area contributed by atoms with Crippen molar-refractivity contribution in [2.75, 3.05) is 0 Å². The zero-order valence-corrected chi connectivity index (χ0v) is 14.3. The molecule has 2 aromatic rings. The summed E-state index contributed by atoms with van der Waals surface area (Å²) in [5.41, 5.74) is 1.53. The number of aromatic nitrogens is 3. The molecule has 0 atom stereocenters. The van der Waals surface area contributed by atoms with E-state index >= 15 is 0 Å². The van der Waals surface area contributed by atoms with Crippen LogP contribution in [0.15, 0.2) is 35.7 Å². The topological polar surface area (TPSA) is 79.0 Å². The molecule has 2 rings (SSSR count). The third kappa shape index (κ3) is 3.62. The first-order chi connectivity index (χ1) is 7.99. The van der Waals surface area contributed by atoms with E-state index < -0.39 is 10.0 Å². The number of sulfonamides is 1. The average molecular weight is 290 g/mol. The van der Waals surface area contributed by atoms with Gasteiger partial charge < -0.3 is 9.51 Å². The van der Waals surface area contributed by atoms with Crippen LogP contribution in [0.4, 0.5) is 0 Å². The first-order valence-corrected chi connectivity index (χ1v) is 6.33. The summed E-state index contributed by atoms with van der Waals surface area (Å²) in [7, 11) is -3.73. The Hall–Kier alpha value is -0.254. The Kier molecular flexibility index (Phi) is 5.50. The summed E-state index contributed by atoms with van der Waals surface area (Å²) in [6.07, 6.45) is 2.45. The van der Waals surface area contributed by atoms with Crippen LogP contribution in [0.25, 0.3) is 4.83 Å². The first kappa shape index (κ1) is 15.8. The molecule has 0 spiro atoms. The van der Waals surface area contributed by atoms with Crippen molar-refractivity contribution in [2.45, 2.75) is 18.7 Å². The van der Waals surface area contributed by atoms with E-state index in [2.05, 4.69) is 15.0 Å². The molecule has 6 nitrogen and oxygen atoms in total. The Balaban J connectivity index is 0.00000162. The maximum absolute atomic E-state index is 12.0. The summed E-state index contributed by atoms with van der Waals surface area (Å²) < 4.78 is 25.1. The second-order valence-electron chi connectivity index (χ2n) is 3.67. The minimum atomic E-state index is -3.73. The Labute approximate surface area is 148 Å². The van der Waals surface area contributed by atoms with Crippen LogP contribution in [0.5, 0.6) is 0 Å². The van der Waals surface area contributed by atoms with E-state index in [9.17, 15) is 8.42 Å². The van der Waals surface area contributed by atoms with Crippen molar-refractivity contribution >= 4 is 10.0 Å². The van der Waals surface area contributed by atoms with Crippen LogP contribution in [-0.2, 0) is 10.0 Å². The molecule has 90 valence electrons. The van der Waals surface area contributed by atoms with Gasteiger partial charge in [0.2, 0.25) is 0 Å². The molecule has 1 heterocycles. The number of hydrogen-bond acceptors (Lipinski definition) is 4. The Morgan fingerprint density at radius 1 is 1.17 bits per heavy atom. The van der Waals surface area contributed by atoms with Crippen LogP contribution < -0.4 is 51.4 Å². The van der Waals surface area contributed by atoms with E-state index in [1.165, 1.54) is 12.7 Å². The summed E-state index contributed by atoms with van der Waals surface area (Å²) in [5.74, 6) is 0. The molecule has 0 saturated carbocycles. The van der Waals surface area contributed by atoms with Crippen LogP contribution in [0.2, 0.25) is 0 Å². The third-order valence-corrected chi connectivity index (χ3v) is 3.63. The van der Waals surface area contributed by atoms with E-state index in [0.29, 0.717) is 5.56 Å². The fraction of sp³-hybridized carbons (Fsp3) is 0.200. The standard InChI is InChI=1S/C10H11N4O2S.K/c1-8-3-4-9(2)10(5-8)17(15,16)13-14-6-11-12-7-14;/h3-7H,1-2H3;/q-1;+1. The van der Waals surface area contributed by atoms with Gasteiger partial charge in [-0.1, -0.05) is 12.1 Å². The predicted molar refractivity (Wildman–Crippen MR) is 61.9 cm³/mol. The van der Waals surface area contributed by atoms with Crippen molar-refractivity contribution < 1.29 is 59.8 Å². The first-order valence-electron chi connectivity index (χ1n) is 4.89. The summed E-state index contributed by atoms with van der Waals surface area (Å²) in [4.78, 5) is 3.79. The fourth-order valence-electron chi connectivity index (χ4n) is 1.39. The molecule has 0 bridgehead atoms. The van der Waals surface area contributed by atoms with Crippen LogP contribution in [0.1, 0.15) is 11.1 Å². The molecule has 0 N–H and O–H groups in total. The molecule has 0 aliphatic heterocycles. The summed E-state index contributed by atoms with van der Waals surface area (Å²) in [6.45, 7) is 3.56. The quantitative estimate of drug-likeness (QED) is 0.639. The molecular weight excluding hydrogens is 279 g/mol. The SMILES string of the molecule is Cc1ccc(C)c(S(=O)(=O)[N-]n2cnnc2)c1.[K+]. The smallest absolute Gasteiger partial charge is 0.503 e. The van der Waals surface area contributed by atoms with E-state index in [1.54, 1.807) is 19.1 Å². The van der Waals surface area contributed by atoms with Gasteiger partial charge >= 0.3 is 51.4 Å². The Morgan fingerprint density at radius 3 is 2.39 bits per heavy atom. The number of nitrogens with zero attached hydrogens (tertiary/aromatic N) is 4. The van der Waals surface area contributed by atoms with Gasteiger partial charge in [-0.2, -0.15) is 0 Å². The normalized spacial score (nSPS) is 10.8. The van der Waals surface area contributed by atoms with Gasteiger partial charge in [-0.25, -0.2) is 8.42 Å². The van der Waals surface area contributed by atoms with Crippen LogP contribution >= 0.6 is 0 Å². The molecule has 1 aromatic heterocycles. The average Bonchev–Trinajstić information content (AvgIpc) is 2.73. The third-order valence-electron chi connectivity index (χ3n) is 2.23. The maximum Gasteiger partial charge on any atom is 1.00 e. The van der Waals surface area contributed by atoms with Crippen molar-refractivity contribution in [3.05, 3.63) is 46.8 Å². The molecule has 0 radical (unpaired) electrons. The van der Waals surface area contributed by atoms with Crippen LogP contribution in [0.3, 0.4) is 0 Å². The van der Waals surface area contributed by atoms with E-state index in [-0.39, 0.29) is 56.3 Å². The van der Waals surface area contributed by atoms with Crippen molar-refractivity contribution in [1.82, 2.24) is 14.9 Å². The molecule has 0 fully saturated rings. The molecule has 0 unspecified atom stereocenters. The minimum absolute atomic E-state index is 0. The van der Waals surface area contributed by atoms with Gasteiger partial charge in [0, 0.05) is 0 Å². The Bertz CT molecular complexity index is 625. The van der Waals surface area contributed by atoms with Gasteiger partial charge in [-0.3, -0.25) is 0 Å². The van der Waals surface area contributed by atoms with Gasteiger partial charge in [-0.15, -0.1) is 10.2 Å². The van der Waals surface area contributed by atoms with Crippen LogP contribution in [-0.4, -0.2) is 23.3 Å². The van der Waals surface area contributed by atoms with Crippen molar-refractivity contribution in [2.24, 2.45) is 0 Å². The monoisotopic (exact) mass is 290 g/mol. The zero-order valence-electron chi connectivity index (χ0n) is 10.4. The number of aryl methyl sites for hydroxylation is 2. The van der Waals surface area contributed by atoms with Crippen molar-refractivity contribution in [1.29, 1.82) is 0 Å². The second-order valence-corrected chi connectivity index (χ2v) is 5.22. The van der Waals surface area contributed by atoms with Crippen molar-refractivity contribution in [3.8, 4) is 0 Å². The van der Waals surface area contributed by atoms with E-state index in [1.807, 2.05) is 13.0 Å². The van der Waals surface area contributed by atoms with E-state index in [4.69, 9.17) is 0 Å². The minimum Gasteiger partial charge on any atom is -0.503 e. The van der Waals surface area contributed by atoms with Gasteiger partial charge in [-0.05, 0) is 31.0 Å². The molecular formula is C10H11KN4O2S. The molecule has 0 aliphatic carbocycles. The number of rotatable bonds is 3. The molecule has 8 heteroatoms. The predicted octanol–water partition coefficient (Wildman–Crippen LogP) is -1.58. The molecule has 0 saturated heterocycles. The van der Waals surface area contributed by atoms with Gasteiger partial charge in [0.25, 0.3) is 0 Å². The van der Waals surface area contributed by atoms with Gasteiger partial charge in [0.1, 0.15) is 22.7 Å². The maximum atomic E-state index is 12.0. The van der Waals surface area contributed by atoms with E-state index in [0.717, 1.165) is 10.2 Å². The molecule has 1 aromatic carbocycles. The summed E-state index contributed by atoms with van der Waals surface area (Å²) >= 11 is 0. The van der Waals surface area contributed by atoms with Gasteiger partial charge in [0.05, 0.1) is 4.90 Å². The van der Waals surface area contributed by atoms with Crippen molar-refractivity contribution in [3.63, 3.8) is 0 Å². The fourth-order valence-corrected chi connectivity index (χ4v) is 2.62.